The first-order valence-electron chi connectivity index (χ1n) is 9.00. The molecule has 2 aliphatic heterocycles. The van der Waals surface area contributed by atoms with Crippen molar-refractivity contribution in [3.05, 3.63) is 0 Å². The Morgan fingerprint density at radius 1 is 1.32 bits per heavy atom. The van der Waals surface area contributed by atoms with Crippen LogP contribution in [0.5, 0.6) is 0 Å². The highest BCUT2D eigenvalue weighted by atomic mass is 127. The number of nitrogens with zero attached hydrogens (tertiary/aromatic N) is 2. The summed E-state index contributed by atoms with van der Waals surface area (Å²) in [5.41, 5.74) is 5.46. The number of guanidine groups is 1. The quantitative estimate of drug-likeness (QED) is 0.376. The number of nitrogens with two attached hydrogens (primary N) is 1. The fraction of sp³-hybridized carbons (Fsp3) is 0.882. The highest BCUT2D eigenvalue weighted by molar-refractivity contribution is 14.0. The topological polar surface area (TPSA) is 89.2 Å². The molecule has 25 heavy (non-hydrogen) atoms. The Morgan fingerprint density at radius 2 is 2.08 bits per heavy atom. The van der Waals surface area contributed by atoms with E-state index in [1.165, 1.54) is 0 Å². The molecule has 2 fully saturated rings. The van der Waals surface area contributed by atoms with Crippen LogP contribution in [-0.2, 0) is 9.47 Å². The van der Waals surface area contributed by atoms with E-state index in [1.807, 2.05) is 25.7 Å². The van der Waals surface area contributed by atoms with Gasteiger partial charge in [-0.2, -0.15) is 0 Å². The molecule has 2 heterocycles. The molecule has 7 nitrogen and oxygen atoms in total. The van der Waals surface area contributed by atoms with Crippen LogP contribution in [0, 0.1) is 0 Å². The molecule has 146 valence electrons. The van der Waals surface area contributed by atoms with Gasteiger partial charge in [-0.1, -0.05) is 0 Å². The lowest BCUT2D eigenvalue weighted by Crippen LogP contribution is -2.51. The van der Waals surface area contributed by atoms with Gasteiger partial charge in [0.1, 0.15) is 5.60 Å². The minimum atomic E-state index is -0.478. The number of ether oxygens (including phenoxy) is 2. The summed E-state index contributed by atoms with van der Waals surface area (Å²) in [6, 6.07) is 0.0880. The first kappa shape index (κ1) is 22.3. The zero-order valence-electron chi connectivity index (χ0n) is 15.6. The van der Waals surface area contributed by atoms with Gasteiger partial charge in [0.25, 0.3) is 0 Å². The number of amides is 1. The molecule has 0 aliphatic carbocycles. The van der Waals surface area contributed by atoms with E-state index in [-0.39, 0.29) is 42.2 Å². The molecular formula is C17H33IN4O3. The predicted octanol–water partition coefficient (Wildman–Crippen LogP) is 2.48. The first-order chi connectivity index (χ1) is 11.3. The van der Waals surface area contributed by atoms with Crippen LogP contribution in [-0.4, -0.2) is 60.9 Å². The van der Waals surface area contributed by atoms with Crippen molar-refractivity contribution in [1.29, 1.82) is 0 Å². The third-order valence-electron chi connectivity index (χ3n) is 4.26. The van der Waals surface area contributed by atoms with E-state index in [1.54, 1.807) is 0 Å². The molecule has 0 spiro atoms. The predicted molar refractivity (Wildman–Crippen MR) is 109 cm³/mol. The van der Waals surface area contributed by atoms with E-state index < -0.39 is 5.60 Å². The summed E-state index contributed by atoms with van der Waals surface area (Å²) in [5, 5.41) is 3.15. The highest BCUT2D eigenvalue weighted by Gasteiger charge is 2.30. The van der Waals surface area contributed by atoms with Crippen molar-refractivity contribution in [2.75, 3.05) is 26.2 Å². The number of carbonyl (C=O) groups excluding carboxylic acids is 1. The van der Waals surface area contributed by atoms with Gasteiger partial charge in [0.05, 0.1) is 18.7 Å². The molecule has 0 aromatic carbocycles. The first-order valence-corrected chi connectivity index (χ1v) is 9.00. The van der Waals surface area contributed by atoms with Crippen molar-refractivity contribution in [1.82, 2.24) is 10.2 Å². The van der Waals surface area contributed by atoms with Gasteiger partial charge in [0, 0.05) is 19.7 Å². The standard InChI is InChI=1S/C17H32N4O3.HI/c1-17(2,3)24-16(22)21-9-5-4-7-13(21)11-19-15(18)20-12-14-8-6-10-23-14;/h13-14H,4-12H2,1-3H3,(H3,18,19,20);1H. The Labute approximate surface area is 168 Å². The molecule has 2 aliphatic rings. The fourth-order valence-electron chi connectivity index (χ4n) is 3.04. The summed E-state index contributed by atoms with van der Waals surface area (Å²) in [6.07, 6.45) is 5.16. The second-order valence-corrected chi connectivity index (χ2v) is 7.57. The molecule has 0 radical (unpaired) electrons. The SMILES string of the molecule is CC(C)(C)OC(=O)N1CCCCC1CNC(N)=NCC1CCCO1.I. The number of hydrogen-bond donors (Lipinski definition) is 2. The minimum Gasteiger partial charge on any atom is -0.444 e. The average molecular weight is 468 g/mol. The Balaban J connectivity index is 0.00000312. The van der Waals surface area contributed by atoms with Crippen LogP contribution in [0.1, 0.15) is 52.9 Å². The van der Waals surface area contributed by atoms with Crippen molar-refractivity contribution < 1.29 is 14.3 Å². The van der Waals surface area contributed by atoms with E-state index in [0.29, 0.717) is 19.0 Å². The zero-order chi connectivity index (χ0) is 17.6. The van der Waals surface area contributed by atoms with Crippen molar-refractivity contribution in [3.63, 3.8) is 0 Å². The summed E-state index contributed by atoms with van der Waals surface area (Å²) < 4.78 is 11.0. The van der Waals surface area contributed by atoms with E-state index in [2.05, 4.69) is 10.3 Å². The van der Waals surface area contributed by atoms with Crippen molar-refractivity contribution in [3.8, 4) is 0 Å². The summed E-state index contributed by atoms with van der Waals surface area (Å²) >= 11 is 0. The Morgan fingerprint density at radius 3 is 2.72 bits per heavy atom. The van der Waals surface area contributed by atoms with Crippen LogP contribution < -0.4 is 11.1 Å². The number of piperidine rings is 1. The number of hydrogen-bond acceptors (Lipinski definition) is 4. The molecule has 1 amide bonds. The monoisotopic (exact) mass is 468 g/mol. The van der Waals surface area contributed by atoms with Crippen LogP contribution in [0.15, 0.2) is 4.99 Å². The van der Waals surface area contributed by atoms with E-state index in [0.717, 1.165) is 45.3 Å². The van der Waals surface area contributed by atoms with Crippen LogP contribution in [0.3, 0.4) is 0 Å². The summed E-state index contributed by atoms with van der Waals surface area (Å²) in [7, 11) is 0. The van der Waals surface area contributed by atoms with Gasteiger partial charge in [-0.15, -0.1) is 24.0 Å². The molecule has 0 aromatic heterocycles. The van der Waals surface area contributed by atoms with Crippen molar-refractivity contribution in [2.24, 2.45) is 10.7 Å². The molecule has 3 N–H and O–H groups in total. The van der Waals surface area contributed by atoms with E-state index in [4.69, 9.17) is 15.2 Å². The number of nitrogens with one attached hydrogen (secondary N) is 1. The van der Waals surface area contributed by atoms with Crippen molar-refractivity contribution >= 4 is 36.0 Å². The van der Waals surface area contributed by atoms with Crippen LogP contribution >= 0.6 is 24.0 Å². The lowest BCUT2D eigenvalue weighted by atomic mass is 10.0. The highest BCUT2D eigenvalue weighted by Crippen LogP contribution is 2.20. The largest absolute Gasteiger partial charge is 0.444 e. The Kier molecular flexibility index (Phi) is 9.26. The maximum absolute atomic E-state index is 12.4. The van der Waals surface area contributed by atoms with E-state index >= 15 is 0 Å². The van der Waals surface area contributed by atoms with E-state index in [9.17, 15) is 4.79 Å². The average Bonchev–Trinajstić information content (AvgIpc) is 3.03. The maximum atomic E-state index is 12.4. The Hall–Kier alpha value is -0.770. The molecule has 0 bridgehead atoms. The number of likely N-dealkylation sites (tertiary alicyclic amines) is 1. The molecule has 2 rings (SSSR count). The number of rotatable bonds is 4. The van der Waals surface area contributed by atoms with Gasteiger partial charge in [0.15, 0.2) is 5.96 Å². The fourth-order valence-corrected chi connectivity index (χ4v) is 3.04. The summed E-state index contributed by atoms with van der Waals surface area (Å²) in [6.45, 7) is 8.40. The second-order valence-electron chi connectivity index (χ2n) is 7.57. The van der Waals surface area contributed by atoms with Crippen molar-refractivity contribution in [2.45, 2.75) is 70.6 Å². The van der Waals surface area contributed by atoms with Crippen LogP contribution in [0.4, 0.5) is 4.79 Å². The van der Waals surface area contributed by atoms with Crippen LogP contribution in [0.25, 0.3) is 0 Å². The van der Waals surface area contributed by atoms with Gasteiger partial charge in [-0.25, -0.2) is 4.79 Å². The van der Waals surface area contributed by atoms with Gasteiger partial charge < -0.3 is 25.4 Å². The molecule has 8 heteroatoms. The van der Waals surface area contributed by atoms with Gasteiger partial charge >= 0.3 is 6.09 Å². The number of carbonyl (C=O) groups is 1. The Bertz CT molecular complexity index is 448. The molecule has 0 saturated carbocycles. The lowest BCUT2D eigenvalue weighted by molar-refractivity contribution is 0.0104. The smallest absolute Gasteiger partial charge is 0.410 e. The molecule has 0 aromatic rings. The third-order valence-corrected chi connectivity index (χ3v) is 4.26. The molecule has 2 saturated heterocycles. The third kappa shape index (κ3) is 7.98. The van der Waals surface area contributed by atoms with Gasteiger partial charge in [-0.3, -0.25) is 4.99 Å². The maximum Gasteiger partial charge on any atom is 0.410 e. The van der Waals surface area contributed by atoms with Gasteiger partial charge in [0.2, 0.25) is 0 Å². The van der Waals surface area contributed by atoms with Crippen LogP contribution in [0.2, 0.25) is 0 Å². The zero-order valence-corrected chi connectivity index (χ0v) is 18.0. The lowest BCUT2D eigenvalue weighted by Gasteiger charge is -2.36. The minimum absolute atomic E-state index is 0. The molecular weight excluding hydrogens is 435 g/mol. The second kappa shape index (κ2) is 10.4. The summed E-state index contributed by atoms with van der Waals surface area (Å²) in [4.78, 5) is 18.5. The summed E-state index contributed by atoms with van der Waals surface area (Å²) in [5.74, 6) is 0.417. The molecule has 2 unspecified atom stereocenters. The number of halogens is 1. The van der Waals surface area contributed by atoms with Gasteiger partial charge in [-0.05, 0) is 52.9 Å². The molecule has 2 atom stereocenters. The normalized spacial score (nSPS) is 24.6. The number of aliphatic imine (C=N–C) groups is 1.